The molecule has 0 spiro atoms. The Labute approximate surface area is 109 Å². The van der Waals surface area contributed by atoms with E-state index in [9.17, 15) is 0 Å². The van der Waals surface area contributed by atoms with Gasteiger partial charge in [0.15, 0.2) is 11.6 Å². The van der Waals surface area contributed by atoms with Gasteiger partial charge in [-0.1, -0.05) is 0 Å². The van der Waals surface area contributed by atoms with Crippen molar-refractivity contribution >= 4 is 0 Å². The van der Waals surface area contributed by atoms with Crippen LogP contribution in [-0.4, -0.2) is 49.7 Å². The fourth-order valence-electron chi connectivity index (χ4n) is 2.68. The first-order valence-corrected chi connectivity index (χ1v) is 6.44. The van der Waals surface area contributed by atoms with Crippen molar-refractivity contribution in [2.75, 3.05) is 13.7 Å². The van der Waals surface area contributed by atoms with Crippen LogP contribution in [0.25, 0.3) is 0 Å². The molecule has 0 N–H and O–H groups in total. The Morgan fingerprint density at radius 1 is 1.06 bits per heavy atom. The van der Waals surface area contributed by atoms with Gasteiger partial charge in [0.25, 0.3) is 0 Å². The summed E-state index contributed by atoms with van der Waals surface area (Å²) in [7, 11) is 1.67. The Hall–Kier alpha value is -0.200. The highest BCUT2D eigenvalue weighted by atomic mass is 16.8. The van der Waals surface area contributed by atoms with E-state index >= 15 is 0 Å². The minimum Gasteiger partial charge on any atom is -0.376 e. The van der Waals surface area contributed by atoms with Crippen LogP contribution in [-0.2, 0) is 23.7 Å². The fourth-order valence-corrected chi connectivity index (χ4v) is 2.68. The van der Waals surface area contributed by atoms with Gasteiger partial charge < -0.3 is 23.7 Å². The van der Waals surface area contributed by atoms with E-state index < -0.39 is 11.6 Å². The van der Waals surface area contributed by atoms with Crippen molar-refractivity contribution in [3.05, 3.63) is 0 Å². The predicted octanol–water partition coefficient (Wildman–Crippen LogP) is 1.69. The zero-order valence-electron chi connectivity index (χ0n) is 12.1. The molecule has 0 amide bonds. The number of rotatable bonds is 3. The summed E-state index contributed by atoms with van der Waals surface area (Å²) in [4.78, 5) is 0. The summed E-state index contributed by atoms with van der Waals surface area (Å²) in [5.41, 5.74) is 0. The second kappa shape index (κ2) is 4.72. The van der Waals surface area contributed by atoms with Gasteiger partial charge in [0.2, 0.25) is 0 Å². The third kappa shape index (κ3) is 2.86. The minimum absolute atomic E-state index is 0.0303. The molecule has 2 saturated heterocycles. The Balaban J connectivity index is 2.06. The second-order valence-corrected chi connectivity index (χ2v) is 5.87. The predicted molar refractivity (Wildman–Crippen MR) is 65.2 cm³/mol. The first-order chi connectivity index (χ1) is 8.24. The molecule has 0 aromatic rings. The van der Waals surface area contributed by atoms with Crippen LogP contribution in [0, 0.1) is 0 Å². The van der Waals surface area contributed by atoms with E-state index in [0.29, 0.717) is 6.61 Å². The van der Waals surface area contributed by atoms with Gasteiger partial charge in [-0.25, -0.2) is 0 Å². The molecule has 0 unspecified atom stereocenters. The third-order valence-electron chi connectivity index (χ3n) is 3.35. The van der Waals surface area contributed by atoms with Crippen molar-refractivity contribution in [1.29, 1.82) is 0 Å². The molecule has 5 nitrogen and oxygen atoms in total. The zero-order chi connectivity index (χ0) is 13.6. The van der Waals surface area contributed by atoms with Gasteiger partial charge in [0, 0.05) is 7.11 Å². The summed E-state index contributed by atoms with van der Waals surface area (Å²) in [5.74, 6) is -1.13. The van der Waals surface area contributed by atoms with Crippen LogP contribution in [0.3, 0.4) is 0 Å². The average molecular weight is 260 g/mol. The van der Waals surface area contributed by atoms with Gasteiger partial charge in [0.1, 0.15) is 18.3 Å². The number of methoxy groups -OCH3 is 1. The molecule has 0 aromatic heterocycles. The molecule has 0 aliphatic carbocycles. The molecule has 4 atom stereocenters. The van der Waals surface area contributed by atoms with E-state index in [4.69, 9.17) is 23.7 Å². The molecule has 2 fully saturated rings. The van der Waals surface area contributed by atoms with Gasteiger partial charge in [-0.3, -0.25) is 0 Å². The van der Waals surface area contributed by atoms with Crippen LogP contribution in [0.4, 0.5) is 0 Å². The third-order valence-corrected chi connectivity index (χ3v) is 3.35. The molecule has 5 heteroatoms. The maximum absolute atomic E-state index is 5.91. The van der Waals surface area contributed by atoms with Gasteiger partial charge in [-0.2, -0.15) is 0 Å². The fraction of sp³-hybridized carbons (Fsp3) is 1.00. The van der Waals surface area contributed by atoms with Gasteiger partial charge in [-0.15, -0.1) is 0 Å². The molecule has 2 aliphatic rings. The molecule has 106 valence electrons. The summed E-state index contributed by atoms with van der Waals surface area (Å²) >= 11 is 0. The Morgan fingerprint density at radius 2 is 1.72 bits per heavy atom. The molecule has 2 rings (SSSR count). The first kappa shape index (κ1) is 14.2. The van der Waals surface area contributed by atoms with Crippen LogP contribution >= 0.6 is 0 Å². The number of hydrogen-bond acceptors (Lipinski definition) is 5. The lowest BCUT2D eigenvalue weighted by molar-refractivity contribution is -0.183. The summed E-state index contributed by atoms with van der Waals surface area (Å²) in [6.07, 6.45) is -0.497. The molecular weight excluding hydrogens is 236 g/mol. The molecule has 18 heavy (non-hydrogen) atoms. The van der Waals surface area contributed by atoms with Crippen LogP contribution < -0.4 is 0 Å². The van der Waals surface area contributed by atoms with Gasteiger partial charge in [0.05, 0.1) is 12.7 Å². The normalized spacial score (nSPS) is 40.0. The van der Waals surface area contributed by atoms with E-state index in [1.807, 2.05) is 34.6 Å². The Morgan fingerprint density at radius 3 is 2.11 bits per heavy atom. The van der Waals surface area contributed by atoms with Crippen molar-refractivity contribution < 1.29 is 23.7 Å². The van der Waals surface area contributed by atoms with Gasteiger partial charge in [-0.05, 0) is 34.6 Å². The largest absolute Gasteiger partial charge is 0.376 e. The number of ether oxygens (including phenoxy) is 5. The minimum atomic E-state index is -0.574. The van der Waals surface area contributed by atoms with Crippen molar-refractivity contribution in [2.24, 2.45) is 0 Å². The summed E-state index contributed by atoms with van der Waals surface area (Å²) in [5, 5.41) is 0. The highest BCUT2D eigenvalue weighted by Gasteiger charge is 2.49. The molecule has 0 radical (unpaired) electrons. The lowest BCUT2D eigenvalue weighted by Gasteiger charge is -2.29. The topological polar surface area (TPSA) is 46.2 Å². The van der Waals surface area contributed by atoms with Crippen LogP contribution in [0.2, 0.25) is 0 Å². The van der Waals surface area contributed by atoms with Crippen LogP contribution in [0.15, 0.2) is 0 Å². The van der Waals surface area contributed by atoms with E-state index in [2.05, 4.69) is 0 Å². The average Bonchev–Trinajstić information content (AvgIpc) is 2.69. The smallest absolute Gasteiger partial charge is 0.163 e. The SMILES string of the molecule is CO[C@@H]([C@@H]1OC(C)(C)O[C@@H]1C)[C@H]1COC(C)(C)O1. The van der Waals surface area contributed by atoms with E-state index in [1.165, 1.54) is 0 Å². The number of hydrogen-bond donors (Lipinski definition) is 0. The standard InChI is InChI=1S/C13H24O5/c1-8-10(18-13(4,5)16-8)11(14-6)9-7-15-12(2,3)17-9/h8-11H,7H2,1-6H3/t8-,9-,10-,11-/m1/s1. The molecule has 0 saturated carbocycles. The summed E-state index contributed by atoms with van der Waals surface area (Å²) in [6.45, 7) is 10.1. The summed E-state index contributed by atoms with van der Waals surface area (Å²) < 4.78 is 28.7. The lowest BCUT2D eigenvalue weighted by atomic mass is 10.0. The van der Waals surface area contributed by atoms with Crippen LogP contribution in [0.1, 0.15) is 34.6 Å². The zero-order valence-corrected chi connectivity index (χ0v) is 12.1. The summed E-state index contributed by atoms with van der Waals surface area (Å²) in [6, 6.07) is 0. The highest BCUT2D eigenvalue weighted by molar-refractivity contribution is 4.91. The van der Waals surface area contributed by atoms with Crippen molar-refractivity contribution in [3.63, 3.8) is 0 Å². The molecule has 0 bridgehead atoms. The van der Waals surface area contributed by atoms with E-state index in [-0.39, 0.29) is 24.4 Å². The maximum atomic E-state index is 5.91. The Kier molecular flexibility index (Phi) is 3.73. The van der Waals surface area contributed by atoms with E-state index in [1.54, 1.807) is 7.11 Å². The second-order valence-electron chi connectivity index (χ2n) is 5.87. The molecule has 2 aliphatic heterocycles. The quantitative estimate of drug-likeness (QED) is 0.773. The molecule has 0 aromatic carbocycles. The van der Waals surface area contributed by atoms with E-state index in [0.717, 1.165) is 0 Å². The monoisotopic (exact) mass is 260 g/mol. The maximum Gasteiger partial charge on any atom is 0.163 e. The van der Waals surface area contributed by atoms with Crippen LogP contribution in [0.5, 0.6) is 0 Å². The first-order valence-electron chi connectivity index (χ1n) is 6.44. The lowest BCUT2D eigenvalue weighted by Crippen LogP contribution is -2.45. The van der Waals surface area contributed by atoms with Crippen molar-refractivity contribution in [3.8, 4) is 0 Å². The van der Waals surface area contributed by atoms with Crippen molar-refractivity contribution in [1.82, 2.24) is 0 Å². The molecule has 2 heterocycles. The highest BCUT2D eigenvalue weighted by Crippen LogP contribution is 2.34. The Bertz CT molecular complexity index is 302. The van der Waals surface area contributed by atoms with Crippen molar-refractivity contribution in [2.45, 2.75) is 70.6 Å². The van der Waals surface area contributed by atoms with Gasteiger partial charge >= 0.3 is 0 Å². The molecular formula is C13H24O5.